The third kappa shape index (κ3) is 297. The molecule has 0 aromatic heterocycles. The maximum absolute atomic E-state index is 8.34. The van der Waals surface area contributed by atoms with Gasteiger partial charge in [0.1, 0.15) is 0 Å². The smallest absolute Gasteiger partial charge is 0.538 e. The van der Waals surface area contributed by atoms with Crippen molar-refractivity contribution in [2.24, 2.45) is 0 Å². The Balaban J connectivity index is -0.00000000628. The van der Waals surface area contributed by atoms with Gasteiger partial charge in [0.15, 0.2) is 0 Å². The Morgan fingerprint density at radius 1 is 0.792 bits per heavy atom. The fourth-order valence-corrected chi connectivity index (χ4v) is 0.424. The summed E-state index contributed by atoms with van der Waals surface area (Å²) in [6.07, 6.45) is 0. The quantitative estimate of drug-likeness (QED) is 0.173. The number of aliphatic hydroxyl groups is 2. The van der Waals surface area contributed by atoms with Crippen molar-refractivity contribution < 1.29 is 117 Å². The molecule has 14 N–H and O–H groups in total. The number of halogens is 1. The van der Waals surface area contributed by atoms with Crippen LogP contribution in [0.1, 0.15) is 13.8 Å². The third-order valence-corrected chi connectivity index (χ3v) is 0.616. The van der Waals surface area contributed by atoms with Gasteiger partial charge in [-0.2, -0.15) is 0 Å². The van der Waals surface area contributed by atoms with Gasteiger partial charge in [-0.05, 0) is 13.8 Å². The number of nitrogens with zero attached hydrogens (tertiary/aromatic N) is 1. The second kappa shape index (κ2) is 74.7. The summed E-state index contributed by atoms with van der Waals surface area (Å²) >= 11 is 0. The molecule has 0 fully saturated rings. The first kappa shape index (κ1) is 99.1. The topological polar surface area (TPSA) is 240 Å². The Kier molecular flexibility index (Phi) is 309. The van der Waals surface area contributed by atoms with E-state index in [1.165, 1.54) is 0 Å². The van der Waals surface area contributed by atoms with Gasteiger partial charge in [-0.15, -0.1) is 0 Å². The largest absolute Gasteiger partial charge is 1.00 e. The Hall–Kier alpha value is 1.21. The van der Waals surface area contributed by atoms with Gasteiger partial charge in [-0.1, -0.05) is 0 Å². The fraction of sp³-hybridized carbons (Fsp3) is 0.727. The van der Waals surface area contributed by atoms with Crippen LogP contribution in [-0.2, 0) is 52.4 Å². The van der Waals surface area contributed by atoms with E-state index >= 15 is 0 Å². The predicted molar refractivity (Wildman–Crippen MR) is 88.9 cm³/mol. The van der Waals surface area contributed by atoms with Crippen LogP contribution in [0.2, 0.25) is 0 Å². The second-order valence-corrected chi connectivity index (χ2v) is 3.50. The molecule has 10 nitrogen and oxygen atoms in total. The van der Waals surface area contributed by atoms with Crippen LogP contribution in [-0.4, -0.2) is 98.8 Å². The zero-order valence-electron chi connectivity index (χ0n) is 15.7. The van der Waals surface area contributed by atoms with E-state index in [2.05, 4.69) is 0 Å². The fourth-order valence-electron chi connectivity index (χ4n) is 0.424. The van der Waals surface area contributed by atoms with Crippen LogP contribution in [0, 0.1) is 14.9 Å². The van der Waals surface area contributed by atoms with E-state index in [4.69, 9.17) is 20.1 Å². The zero-order chi connectivity index (χ0) is 12.2. The normalized spacial score (nSPS) is 5.29. The van der Waals surface area contributed by atoms with Gasteiger partial charge in [0, 0.05) is 65.6 Å². The molecule has 160 valence electrons. The van der Waals surface area contributed by atoms with Crippen LogP contribution < -0.4 is 12.4 Å². The van der Waals surface area contributed by atoms with E-state index in [0.29, 0.717) is 11.0 Å². The Morgan fingerprint density at radius 3 is 0.917 bits per heavy atom. The minimum absolute atomic E-state index is 0. The van der Waals surface area contributed by atoms with Gasteiger partial charge in [0.2, 0.25) is 6.54 Å². The molecule has 0 aliphatic carbocycles. The Bertz CT molecular complexity index is 143. The summed E-state index contributed by atoms with van der Waals surface area (Å²) in [6, 6.07) is 0. The average molecular weight is 549 g/mol. The molecule has 13 heteroatoms. The van der Waals surface area contributed by atoms with Crippen molar-refractivity contribution in [2.75, 3.05) is 40.9 Å². The van der Waals surface area contributed by atoms with E-state index in [1.54, 1.807) is 13.8 Å². The molecule has 0 rings (SSSR count). The molecule has 0 saturated heterocycles. The summed E-state index contributed by atoms with van der Waals surface area (Å²) in [7, 11) is 5.64. The average Bonchev–Trinajstić information content (AvgIpc) is 1.83. The van der Waals surface area contributed by atoms with Crippen LogP contribution in [0.25, 0.3) is 0 Å². The van der Waals surface area contributed by atoms with Crippen molar-refractivity contribution in [3.63, 3.8) is 0 Å². The summed E-state index contributed by atoms with van der Waals surface area (Å²) in [5.41, 5.74) is 0. The molecule has 0 bridgehead atoms. The van der Waals surface area contributed by atoms with Crippen LogP contribution in [0.3, 0.4) is 0 Å². The van der Waals surface area contributed by atoms with Crippen LogP contribution in [0.15, 0.2) is 0 Å². The van der Waals surface area contributed by atoms with Gasteiger partial charge in [-0.3, -0.25) is 0 Å². The maximum atomic E-state index is 8.34. The molecule has 0 unspecified atom stereocenters. The number of carboxylic acids is 1. The Morgan fingerprint density at radius 2 is 0.917 bits per heavy atom. The summed E-state index contributed by atoms with van der Waals surface area (Å²) in [5.74, 6) is -0.502. The molecular formula is C11H41ClNO9Zr2-. The summed E-state index contributed by atoms with van der Waals surface area (Å²) in [6.45, 7) is 4.15. The van der Waals surface area contributed by atoms with Gasteiger partial charge in [0.25, 0.3) is 0 Å². The molecule has 0 aromatic carbocycles. The van der Waals surface area contributed by atoms with Gasteiger partial charge in [0.05, 0.1) is 21.1 Å². The SMILES string of the molecule is CCO.CCO.C[N+](C)(C)CC(O)=[OH+].O.O.O.O.O.[CH3-].[CH3-].[Cl-].[Zr].[Zr]. The molecule has 0 saturated carbocycles. The number of aliphatic hydroxyl groups excluding tert-OH is 3. The molecule has 0 aliphatic rings. The summed E-state index contributed by atoms with van der Waals surface area (Å²) < 4.78 is 0.544. The minimum atomic E-state index is -0.502. The Labute approximate surface area is 191 Å². The maximum Gasteiger partial charge on any atom is 0.538 e. The number of aliphatic carboxylic acids is 1. The van der Waals surface area contributed by atoms with E-state index in [9.17, 15) is 0 Å². The molecule has 0 spiro atoms. The van der Waals surface area contributed by atoms with Crippen molar-refractivity contribution in [2.45, 2.75) is 13.8 Å². The van der Waals surface area contributed by atoms with Gasteiger partial charge in [-0.25, -0.2) is 0 Å². The second-order valence-electron chi connectivity index (χ2n) is 3.50. The van der Waals surface area contributed by atoms with Crippen LogP contribution in [0.4, 0.5) is 0 Å². The van der Waals surface area contributed by atoms with Crippen LogP contribution in [0.5, 0.6) is 0 Å². The van der Waals surface area contributed by atoms with Crippen molar-refractivity contribution in [1.82, 2.24) is 0 Å². The molecule has 24 heavy (non-hydrogen) atoms. The molecular weight excluding hydrogens is 508 g/mol. The first-order valence-corrected chi connectivity index (χ1v) is 4.51. The van der Waals surface area contributed by atoms with Crippen molar-refractivity contribution >= 4 is 5.97 Å². The molecule has 0 aromatic rings. The molecule has 0 aliphatic heterocycles. The van der Waals surface area contributed by atoms with Gasteiger partial charge < -0.3 is 79.2 Å². The van der Waals surface area contributed by atoms with Crippen molar-refractivity contribution in [1.29, 1.82) is 0 Å². The van der Waals surface area contributed by atoms with E-state index in [-0.39, 0.29) is 120 Å². The van der Waals surface area contributed by atoms with E-state index in [1.807, 2.05) is 21.1 Å². The number of quaternary nitrogens is 1. The first-order chi connectivity index (χ1) is 6.24. The summed E-state index contributed by atoms with van der Waals surface area (Å²) in [4.78, 5) is 8.34. The number of likely N-dealkylation sites (N-methyl/N-ethyl adjacent to an activating group) is 1. The number of rotatable bonds is 2. The minimum Gasteiger partial charge on any atom is -1.00 e. The molecule has 0 atom stereocenters. The number of carboxylic acid groups (broad SMARTS) is 1. The van der Waals surface area contributed by atoms with Crippen molar-refractivity contribution in [3.05, 3.63) is 14.9 Å². The van der Waals surface area contributed by atoms with Crippen LogP contribution >= 0.6 is 0 Å². The standard InChI is InChI=1S/C5H11NO2.2C2H6O.2CH3.ClH.5H2O.2Zr/c1-6(2,3)4-5(7)8;2*1-2-3;;;;;;;;;;/h4H2,1-3H3;2*3H,2H2,1H3;2*1H3;1H;5*1H2;;/q;;;2*-1;;;;;;;;/p+1. The van der Waals surface area contributed by atoms with Crippen molar-refractivity contribution in [3.8, 4) is 0 Å². The van der Waals surface area contributed by atoms with E-state index in [0.717, 1.165) is 0 Å². The molecule has 0 heterocycles. The van der Waals surface area contributed by atoms with Gasteiger partial charge >= 0.3 is 5.97 Å². The number of hydrogen-bond donors (Lipinski definition) is 3. The zero-order valence-corrected chi connectivity index (χ0v) is 21.4. The van der Waals surface area contributed by atoms with E-state index < -0.39 is 5.97 Å². The molecule has 0 radical (unpaired) electrons. The number of hydrogen-bond acceptors (Lipinski definition) is 2. The summed E-state index contributed by atoms with van der Waals surface area (Å²) in [5, 5.41) is 23.5. The molecule has 0 amide bonds. The monoisotopic (exact) mass is 546 g/mol. The third-order valence-electron chi connectivity index (χ3n) is 0.616. The first-order valence-electron chi connectivity index (χ1n) is 4.51. The predicted octanol–water partition coefficient (Wildman–Crippen LogP) is -6.47.